The molecule has 0 spiro atoms. The fraction of sp³-hybridized carbons (Fsp3) is 0.188. The lowest BCUT2D eigenvalue weighted by Crippen LogP contribution is -2.28. The number of nitrogens with one attached hydrogen (secondary N) is 2. The summed E-state index contributed by atoms with van der Waals surface area (Å²) in [5.74, 6) is 0.211. The second-order valence-corrected chi connectivity index (χ2v) is 4.70. The van der Waals surface area contributed by atoms with Gasteiger partial charge in [0.05, 0.1) is 7.11 Å². The van der Waals surface area contributed by atoms with E-state index in [0.717, 1.165) is 0 Å². The Morgan fingerprint density at radius 1 is 1.12 bits per heavy atom. The number of halogens is 3. The Morgan fingerprint density at radius 2 is 1.88 bits per heavy atom. The molecular weight excluding hydrogens is 325 g/mol. The van der Waals surface area contributed by atoms with Crippen molar-refractivity contribution in [2.75, 3.05) is 12.4 Å². The number of anilines is 1. The van der Waals surface area contributed by atoms with Crippen LogP contribution >= 0.6 is 0 Å². The fourth-order valence-electron chi connectivity index (χ4n) is 1.93. The maximum atomic E-state index is 12.3. The van der Waals surface area contributed by atoms with E-state index in [1.54, 1.807) is 30.3 Å². The van der Waals surface area contributed by atoms with Gasteiger partial charge in [0.15, 0.2) is 0 Å². The molecule has 0 heterocycles. The van der Waals surface area contributed by atoms with Gasteiger partial charge in [0.2, 0.25) is 0 Å². The molecule has 2 aromatic rings. The summed E-state index contributed by atoms with van der Waals surface area (Å²) in [5, 5.41) is 5.03. The van der Waals surface area contributed by atoms with Crippen molar-refractivity contribution in [3.05, 3.63) is 54.1 Å². The molecule has 0 aromatic heterocycles. The van der Waals surface area contributed by atoms with Crippen LogP contribution in [0.3, 0.4) is 0 Å². The molecule has 8 heteroatoms. The van der Waals surface area contributed by atoms with Gasteiger partial charge < -0.3 is 20.1 Å². The third-order valence-electron chi connectivity index (χ3n) is 2.97. The van der Waals surface area contributed by atoms with E-state index in [4.69, 9.17) is 4.74 Å². The molecule has 2 N–H and O–H groups in total. The summed E-state index contributed by atoms with van der Waals surface area (Å²) >= 11 is 0. The number of benzene rings is 2. The Morgan fingerprint density at radius 3 is 2.58 bits per heavy atom. The topological polar surface area (TPSA) is 59.6 Å². The second kappa shape index (κ2) is 7.58. The summed E-state index contributed by atoms with van der Waals surface area (Å²) < 4.78 is 46.0. The standard InChI is InChI=1S/C16H15F3N2O3/c1-23-13-7-4-6-12(9-13)21-15(22)20-10-11-5-2-3-8-14(11)24-16(17,18)19/h2-9H,10H2,1H3,(H2,20,21,22). The molecule has 0 aliphatic carbocycles. The Kier molecular flexibility index (Phi) is 5.51. The molecule has 0 bridgehead atoms. The number of para-hydroxylation sites is 1. The van der Waals surface area contributed by atoms with Gasteiger partial charge in [-0.25, -0.2) is 4.79 Å². The van der Waals surface area contributed by atoms with E-state index in [0.29, 0.717) is 11.4 Å². The predicted octanol–water partition coefficient (Wildman–Crippen LogP) is 3.92. The lowest BCUT2D eigenvalue weighted by molar-refractivity contribution is -0.274. The van der Waals surface area contributed by atoms with E-state index in [1.807, 2.05) is 0 Å². The van der Waals surface area contributed by atoms with Crippen LogP contribution in [0.4, 0.5) is 23.7 Å². The third kappa shape index (κ3) is 5.38. The van der Waals surface area contributed by atoms with Gasteiger partial charge in [-0.3, -0.25) is 0 Å². The molecule has 2 rings (SSSR count). The minimum Gasteiger partial charge on any atom is -0.497 e. The van der Waals surface area contributed by atoms with Crippen LogP contribution < -0.4 is 20.1 Å². The summed E-state index contributed by atoms with van der Waals surface area (Å²) in [7, 11) is 1.50. The van der Waals surface area contributed by atoms with Crippen molar-refractivity contribution in [1.82, 2.24) is 5.32 Å². The number of amides is 2. The molecule has 128 valence electrons. The van der Waals surface area contributed by atoms with E-state index in [1.165, 1.54) is 25.3 Å². The Hall–Kier alpha value is -2.90. The number of carbonyl (C=O) groups is 1. The molecule has 0 radical (unpaired) electrons. The first-order valence-corrected chi connectivity index (χ1v) is 6.90. The van der Waals surface area contributed by atoms with Crippen LogP contribution in [0, 0.1) is 0 Å². The molecular formula is C16H15F3N2O3. The minimum absolute atomic E-state index is 0.123. The zero-order chi connectivity index (χ0) is 17.6. The highest BCUT2D eigenvalue weighted by atomic mass is 19.4. The molecule has 5 nitrogen and oxygen atoms in total. The van der Waals surface area contributed by atoms with E-state index in [-0.39, 0.29) is 17.9 Å². The smallest absolute Gasteiger partial charge is 0.497 e. The van der Waals surface area contributed by atoms with E-state index in [9.17, 15) is 18.0 Å². The lowest BCUT2D eigenvalue weighted by Gasteiger charge is -2.14. The normalized spacial score (nSPS) is 10.8. The Bertz CT molecular complexity index is 705. The Balaban J connectivity index is 1.96. The second-order valence-electron chi connectivity index (χ2n) is 4.70. The van der Waals surface area contributed by atoms with E-state index >= 15 is 0 Å². The molecule has 0 aliphatic heterocycles. The van der Waals surface area contributed by atoms with Gasteiger partial charge in [-0.05, 0) is 18.2 Å². The van der Waals surface area contributed by atoms with Gasteiger partial charge in [-0.15, -0.1) is 13.2 Å². The van der Waals surface area contributed by atoms with Crippen LogP contribution in [-0.2, 0) is 6.54 Å². The predicted molar refractivity (Wildman–Crippen MR) is 82.0 cm³/mol. The van der Waals surface area contributed by atoms with Crippen molar-refractivity contribution in [2.24, 2.45) is 0 Å². The van der Waals surface area contributed by atoms with Gasteiger partial charge >= 0.3 is 12.4 Å². The summed E-state index contributed by atoms with van der Waals surface area (Å²) in [6.07, 6.45) is -4.79. The quantitative estimate of drug-likeness (QED) is 0.867. The molecule has 0 saturated heterocycles. The van der Waals surface area contributed by atoms with Crippen LogP contribution in [0.15, 0.2) is 48.5 Å². The number of ether oxygens (including phenoxy) is 2. The first-order chi connectivity index (χ1) is 11.4. The largest absolute Gasteiger partial charge is 0.573 e. The lowest BCUT2D eigenvalue weighted by atomic mass is 10.2. The molecule has 0 saturated carbocycles. The maximum absolute atomic E-state index is 12.3. The van der Waals surface area contributed by atoms with Crippen molar-refractivity contribution in [3.63, 3.8) is 0 Å². The zero-order valence-electron chi connectivity index (χ0n) is 12.7. The number of hydrogen-bond donors (Lipinski definition) is 2. The van der Waals surface area contributed by atoms with Crippen LogP contribution in [-0.4, -0.2) is 19.5 Å². The number of methoxy groups -OCH3 is 1. The van der Waals surface area contributed by atoms with Gasteiger partial charge in [-0.1, -0.05) is 24.3 Å². The van der Waals surface area contributed by atoms with E-state index in [2.05, 4.69) is 15.4 Å². The van der Waals surface area contributed by atoms with Crippen molar-refractivity contribution < 1.29 is 27.4 Å². The summed E-state index contributed by atoms with van der Waals surface area (Å²) in [6.45, 7) is -0.123. The van der Waals surface area contributed by atoms with Crippen LogP contribution in [0.5, 0.6) is 11.5 Å². The molecule has 0 aliphatic rings. The number of hydrogen-bond acceptors (Lipinski definition) is 3. The van der Waals surface area contributed by atoms with E-state index < -0.39 is 12.4 Å². The summed E-state index contributed by atoms with van der Waals surface area (Å²) in [4.78, 5) is 11.9. The summed E-state index contributed by atoms with van der Waals surface area (Å²) in [5.41, 5.74) is 0.697. The highest BCUT2D eigenvalue weighted by Gasteiger charge is 2.31. The molecule has 2 amide bonds. The van der Waals surface area contributed by atoms with Crippen molar-refractivity contribution in [1.29, 1.82) is 0 Å². The van der Waals surface area contributed by atoms with Gasteiger partial charge in [0.1, 0.15) is 11.5 Å². The SMILES string of the molecule is COc1cccc(NC(=O)NCc2ccccc2OC(F)(F)F)c1. The number of urea groups is 1. The van der Waals surface area contributed by atoms with Crippen LogP contribution in [0.25, 0.3) is 0 Å². The van der Waals surface area contributed by atoms with Crippen molar-refractivity contribution in [2.45, 2.75) is 12.9 Å². The highest BCUT2D eigenvalue weighted by molar-refractivity contribution is 5.89. The maximum Gasteiger partial charge on any atom is 0.573 e. The van der Waals surface area contributed by atoms with Crippen molar-refractivity contribution >= 4 is 11.7 Å². The first-order valence-electron chi connectivity index (χ1n) is 6.90. The number of carbonyl (C=O) groups excluding carboxylic acids is 1. The number of rotatable bonds is 5. The highest BCUT2D eigenvalue weighted by Crippen LogP contribution is 2.26. The average molecular weight is 340 g/mol. The minimum atomic E-state index is -4.79. The van der Waals surface area contributed by atoms with Gasteiger partial charge in [0, 0.05) is 23.9 Å². The monoisotopic (exact) mass is 340 g/mol. The van der Waals surface area contributed by atoms with Crippen LogP contribution in [0.1, 0.15) is 5.56 Å². The third-order valence-corrected chi connectivity index (χ3v) is 2.97. The van der Waals surface area contributed by atoms with Crippen molar-refractivity contribution in [3.8, 4) is 11.5 Å². The van der Waals surface area contributed by atoms with Gasteiger partial charge in [0.25, 0.3) is 0 Å². The zero-order valence-corrected chi connectivity index (χ0v) is 12.7. The summed E-state index contributed by atoms with van der Waals surface area (Å²) in [6, 6.07) is 11.7. The molecule has 0 fully saturated rings. The first kappa shape index (κ1) is 17.5. The number of alkyl halides is 3. The molecule has 0 atom stereocenters. The average Bonchev–Trinajstić information content (AvgIpc) is 2.53. The fourth-order valence-corrected chi connectivity index (χ4v) is 1.93. The molecule has 2 aromatic carbocycles. The molecule has 0 unspecified atom stereocenters. The molecule has 24 heavy (non-hydrogen) atoms. The van der Waals surface area contributed by atoms with Crippen LogP contribution in [0.2, 0.25) is 0 Å². The van der Waals surface area contributed by atoms with Gasteiger partial charge in [-0.2, -0.15) is 0 Å². The Labute approximate surface area is 136 Å².